The summed E-state index contributed by atoms with van der Waals surface area (Å²) in [5.41, 5.74) is 3.00. The summed E-state index contributed by atoms with van der Waals surface area (Å²) in [6, 6.07) is 9.83. The molecule has 0 radical (unpaired) electrons. The second-order valence-corrected chi connectivity index (χ2v) is 4.48. The third-order valence-electron chi connectivity index (χ3n) is 2.32. The fourth-order valence-corrected chi connectivity index (χ4v) is 2.70. The van der Waals surface area contributed by atoms with Crippen molar-refractivity contribution < 1.29 is 4.42 Å². The van der Waals surface area contributed by atoms with Gasteiger partial charge < -0.3 is 0 Å². The Morgan fingerprint density at radius 2 is 2.19 bits per heavy atom. The van der Waals surface area contributed by atoms with E-state index in [2.05, 4.69) is 13.3 Å². The molecule has 1 aromatic carbocycles. The number of furan rings is 1. The van der Waals surface area contributed by atoms with Gasteiger partial charge in [0.15, 0.2) is 0 Å². The number of benzene rings is 1. The van der Waals surface area contributed by atoms with Crippen molar-refractivity contribution >= 4 is 31.7 Å². The molecule has 3 rings (SSSR count). The monoisotopic (exact) mass is 279 g/mol. The molecule has 0 spiro atoms. The molecule has 1 N–H and O–H groups in total. The molecule has 0 amide bonds. The first-order valence-corrected chi connectivity index (χ1v) is 6.44. The quantitative estimate of drug-likeness (QED) is 0.743. The van der Waals surface area contributed by atoms with Crippen molar-refractivity contribution in [2.75, 3.05) is 5.32 Å². The van der Waals surface area contributed by atoms with E-state index in [1.165, 1.54) is 0 Å². The van der Waals surface area contributed by atoms with Gasteiger partial charge >= 0.3 is 98.3 Å². The van der Waals surface area contributed by atoms with E-state index in [4.69, 9.17) is 4.42 Å². The van der Waals surface area contributed by atoms with Gasteiger partial charge in [0.1, 0.15) is 0 Å². The molecule has 5 heteroatoms. The van der Waals surface area contributed by atoms with Crippen LogP contribution >= 0.6 is 0 Å². The third kappa shape index (κ3) is 1.75. The van der Waals surface area contributed by atoms with Gasteiger partial charge in [0.05, 0.1) is 0 Å². The summed E-state index contributed by atoms with van der Waals surface area (Å²) in [5.74, 6) is 0.915. The van der Waals surface area contributed by atoms with Gasteiger partial charge in [-0.1, -0.05) is 0 Å². The van der Waals surface area contributed by atoms with Crippen LogP contribution in [0, 0.1) is 0 Å². The van der Waals surface area contributed by atoms with Gasteiger partial charge in [0.25, 0.3) is 0 Å². The van der Waals surface area contributed by atoms with Gasteiger partial charge in [-0.05, 0) is 0 Å². The van der Waals surface area contributed by atoms with E-state index in [9.17, 15) is 0 Å². The van der Waals surface area contributed by atoms with Crippen molar-refractivity contribution in [3.63, 3.8) is 0 Å². The first-order chi connectivity index (χ1) is 7.93. The molecule has 0 atom stereocenters. The van der Waals surface area contributed by atoms with Crippen LogP contribution in [0.5, 0.6) is 0 Å². The summed E-state index contributed by atoms with van der Waals surface area (Å²) in [7, 11) is 0. The zero-order chi connectivity index (χ0) is 10.8. The van der Waals surface area contributed by atoms with Crippen LogP contribution in [0.15, 0.2) is 41.0 Å². The third-order valence-corrected chi connectivity index (χ3v) is 3.46. The Labute approximate surface area is 98.5 Å². The number of aromatic nitrogens is 2. The summed E-state index contributed by atoms with van der Waals surface area (Å²) in [6.07, 6.45) is 1.68. The van der Waals surface area contributed by atoms with Crippen LogP contribution in [0.4, 0.5) is 5.69 Å². The molecule has 0 saturated heterocycles. The van der Waals surface area contributed by atoms with Gasteiger partial charge in [0.2, 0.25) is 0 Å². The fourth-order valence-electron chi connectivity index (χ4n) is 1.54. The van der Waals surface area contributed by atoms with Crippen molar-refractivity contribution in [1.82, 2.24) is 7.96 Å². The Bertz CT molecular complexity index is 588. The first kappa shape index (κ1) is 9.63. The molecule has 16 heavy (non-hydrogen) atoms. The summed E-state index contributed by atoms with van der Waals surface area (Å²) < 4.78 is 14.0. The summed E-state index contributed by atoms with van der Waals surface area (Å²) in [6.45, 7) is 0.673. The summed E-state index contributed by atoms with van der Waals surface area (Å²) >= 11 is 0.0186. The fraction of sp³-hybridized carbons (Fsp3) is 0.0909. The van der Waals surface area contributed by atoms with Crippen LogP contribution in [-0.4, -0.2) is 22.9 Å². The number of hydrogen-bond acceptors (Lipinski definition) is 4. The van der Waals surface area contributed by atoms with Crippen molar-refractivity contribution in [3.05, 3.63) is 42.4 Å². The standard InChI is InChI=1S/C11H9N3OSe/c1-4-9(11-10(5-1)13-16-14-11)12-7-8-3-2-6-15-8/h1-6,12H,7H2. The van der Waals surface area contributed by atoms with Crippen LogP contribution in [0.2, 0.25) is 0 Å². The number of rotatable bonds is 3. The average molecular weight is 278 g/mol. The molecule has 0 fully saturated rings. The molecule has 4 nitrogen and oxygen atoms in total. The van der Waals surface area contributed by atoms with E-state index >= 15 is 0 Å². The maximum absolute atomic E-state index is 5.26. The molecule has 2 aromatic heterocycles. The molecule has 80 valence electrons. The van der Waals surface area contributed by atoms with E-state index in [0.717, 1.165) is 22.5 Å². The molecule has 3 aromatic rings. The molecule has 0 aliphatic rings. The van der Waals surface area contributed by atoms with Gasteiger partial charge in [-0.25, -0.2) is 0 Å². The topological polar surface area (TPSA) is 51.0 Å². The van der Waals surface area contributed by atoms with Crippen molar-refractivity contribution in [1.29, 1.82) is 0 Å². The molecular weight excluding hydrogens is 269 g/mol. The van der Waals surface area contributed by atoms with Crippen molar-refractivity contribution in [2.24, 2.45) is 0 Å². The second-order valence-electron chi connectivity index (χ2n) is 3.37. The van der Waals surface area contributed by atoms with E-state index in [1.807, 2.05) is 30.3 Å². The van der Waals surface area contributed by atoms with E-state index < -0.39 is 0 Å². The van der Waals surface area contributed by atoms with Gasteiger partial charge in [0, 0.05) is 0 Å². The molecule has 0 unspecified atom stereocenters. The SMILES string of the molecule is c1coc(CNc2cccc3n[se]nc23)c1. The van der Waals surface area contributed by atoms with E-state index in [1.54, 1.807) is 6.26 Å². The molecule has 0 aliphatic heterocycles. The number of hydrogen-bond donors (Lipinski definition) is 1. The minimum atomic E-state index is 0.0186. The second kappa shape index (κ2) is 4.12. The van der Waals surface area contributed by atoms with Crippen molar-refractivity contribution in [2.45, 2.75) is 6.54 Å². The summed E-state index contributed by atoms with van der Waals surface area (Å²) in [4.78, 5) is 0. The molecule has 0 aliphatic carbocycles. The van der Waals surface area contributed by atoms with Gasteiger partial charge in [-0.15, -0.1) is 0 Å². The number of anilines is 1. The van der Waals surface area contributed by atoms with Crippen LogP contribution < -0.4 is 5.32 Å². The zero-order valence-electron chi connectivity index (χ0n) is 8.38. The maximum atomic E-state index is 5.26. The van der Waals surface area contributed by atoms with Crippen LogP contribution in [0.25, 0.3) is 11.0 Å². The predicted molar refractivity (Wildman–Crippen MR) is 62.5 cm³/mol. The van der Waals surface area contributed by atoms with Gasteiger partial charge in [-0.2, -0.15) is 0 Å². The number of nitrogens with one attached hydrogen (secondary N) is 1. The predicted octanol–water partition coefficient (Wildman–Crippen LogP) is 1.89. The minimum absolute atomic E-state index is 0.0186. The van der Waals surface area contributed by atoms with Crippen LogP contribution in [0.3, 0.4) is 0 Å². The van der Waals surface area contributed by atoms with Gasteiger partial charge in [-0.3, -0.25) is 0 Å². The molecule has 0 bridgehead atoms. The Balaban J connectivity index is 1.86. The number of fused-ring (bicyclic) bond motifs is 1. The number of nitrogens with zero attached hydrogens (tertiary/aromatic N) is 2. The normalized spacial score (nSPS) is 10.8. The Hall–Kier alpha value is -1.58. The van der Waals surface area contributed by atoms with E-state index in [-0.39, 0.29) is 15.0 Å². The van der Waals surface area contributed by atoms with Crippen LogP contribution in [0.1, 0.15) is 5.76 Å². The zero-order valence-corrected chi connectivity index (χ0v) is 10.1. The first-order valence-electron chi connectivity index (χ1n) is 4.91. The van der Waals surface area contributed by atoms with Crippen LogP contribution in [-0.2, 0) is 6.54 Å². The molecule has 2 heterocycles. The van der Waals surface area contributed by atoms with Crippen molar-refractivity contribution in [3.8, 4) is 0 Å². The Morgan fingerprint density at radius 1 is 1.19 bits per heavy atom. The molecular formula is C11H9N3OSe. The Morgan fingerprint density at radius 3 is 3.06 bits per heavy atom. The molecule has 0 saturated carbocycles. The average Bonchev–Trinajstić information content (AvgIpc) is 2.97. The summed E-state index contributed by atoms with van der Waals surface area (Å²) in [5, 5.41) is 3.31. The van der Waals surface area contributed by atoms with E-state index in [0.29, 0.717) is 6.54 Å². The Kier molecular flexibility index (Phi) is 2.48.